The lowest BCUT2D eigenvalue weighted by Crippen LogP contribution is -2.46. The Morgan fingerprint density at radius 2 is 2.11 bits per heavy atom. The molecule has 0 saturated carbocycles. The number of ether oxygens (including phenoxy) is 1. The van der Waals surface area contributed by atoms with E-state index in [2.05, 4.69) is 5.32 Å². The Balaban J connectivity index is 1.96. The van der Waals surface area contributed by atoms with E-state index < -0.39 is 18.1 Å². The molecule has 102 valence electrons. The first kappa shape index (κ1) is 13.5. The van der Waals surface area contributed by atoms with Crippen LogP contribution in [0.3, 0.4) is 0 Å². The van der Waals surface area contributed by atoms with E-state index in [9.17, 15) is 14.7 Å². The van der Waals surface area contributed by atoms with E-state index in [1.54, 1.807) is 0 Å². The molecule has 0 aromatic heterocycles. The number of carboxylic acid groups (broad SMARTS) is 1. The Hall–Kier alpha value is -1.88. The highest BCUT2D eigenvalue weighted by molar-refractivity contribution is 5.86. The smallest absolute Gasteiger partial charge is 0.326 e. The summed E-state index contributed by atoms with van der Waals surface area (Å²) in [5, 5.41) is 11.7. The molecule has 0 radical (unpaired) electrons. The molecule has 0 aliphatic carbocycles. The first-order valence-corrected chi connectivity index (χ1v) is 6.35. The minimum absolute atomic E-state index is 0.272. The van der Waals surface area contributed by atoms with Gasteiger partial charge < -0.3 is 15.2 Å². The zero-order valence-corrected chi connectivity index (χ0v) is 10.5. The van der Waals surface area contributed by atoms with Gasteiger partial charge in [0, 0.05) is 13.0 Å². The third-order valence-corrected chi connectivity index (χ3v) is 3.12. The fourth-order valence-corrected chi connectivity index (χ4v) is 2.10. The number of hydrogen-bond donors (Lipinski definition) is 2. The number of carbonyl (C=O) groups is 2. The molecule has 1 saturated heterocycles. The number of carboxylic acids is 1. The van der Waals surface area contributed by atoms with E-state index in [-0.39, 0.29) is 12.3 Å². The largest absolute Gasteiger partial charge is 0.480 e. The van der Waals surface area contributed by atoms with Crippen molar-refractivity contribution in [2.75, 3.05) is 6.61 Å². The lowest BCUT2D eigenvalue weighted by atomic mass is 10.1. The van der Waals surface area contributed by atoms with E-state index in [1.165, 1.54) is 0 Å². The molecule has 2 N–H and O–H groups in total. The summed E-state index contributed by atoms with van der Waals surface area (Å²) in [5.74, 6) is -1.36. The number of benzene rings is 1. The van der Waals surface area contributed by atoms with Gasteiger partial charge in [0.05, 0.1) is 0 Å². The first-order chi connectivity index (χ1) is 9.16. The summed E-state index contributed by atoms with van der Waals surface area (Å²) in [6, 6.07) is 8.32. The van der Waals surface area contributed by atoms with Crippen molar-refractivity contribution >= 4 is 11.9 Å². The van der Waals surface area contributed by atoms with Gasteiger partial charge in [-0.1, -0.05) is 30.3 Å². The molecule has 0 bridgehead atoms. The Labute approximate surface area is 111 Å². The van der Waals surface area contributed by atoms with Crippen molar-refractivity contribution in [1.82, 2.24) is 5.32 Å². The predicted molar refractivity (Wildman–Crippen MR) is 68.7 cm³/mol. The first-order valence-electron chi connectivity index (χ1n) is 6.35. The Bertz CT molecular complexity index is 440. The van der Waals surface area contributed by atoms with Crippen LogP contribution in [0, 0.1) is 0 Å². The van der Waals surface area contributed by atoms with E-state index in [0.717, 1.165) is 12.0 Å². The molecule has 0 spiro atoms. The molecular formula is C14H17NO4. The van der Waals surface area contributed by atoms with Crippen LogP contribution in [0.1, 0.15) is 18.4 Å². The summed E-state index contributed by atoms with van der Waals surface area (Å²) in [5.41, 5.74) is 0.877. The summed E-state index contributed by atoms with van der Waals surface area (Å²) < 4.78 is 5.24. The SMILES string of the molecule is O=C(O)C(Cc1ccccc1)NC(=O)[C@@H]1CCCO1. The minimum Gasteiger partial charge on any atom is -0.480 e. The van der Waals surface area contributed by atoms with Gasteiger partial charge in [-0.15, -0.1) is 0 Å². The molecule has 1 heterocycles. The minimum atomic E-state index is -1.03. The maximum absolute atomic E-state index is 11.9. The molecule has 1 fully saturated rings. The molecule has 2 rings (SSSR count). The summed E-state index contributed by atoms with van der Waals surface area (Å²) >= 11 is 0. The Morgan fingerprint density at radius 1 is 1.37 bits per heavy atom. The number of aliphatic carboxylic acids is 1. The predicted octanol–water partition coefficient (Wildman–Crippen LogP) is 0.977. The third-order valence-electron chi connectivity index (χ3n) is 3.12. The molecule has 2 atom stereocenters. The van der Waals surface area contributed by atoms with Crippen LogP contribution in [0.5, 0.6) is 0 Å². The van der Waals surface area contributed by atoms with Crippen LogP contribution < -0.4 is 5.32 Å². The van der Waals surface area contributed by atoms with Gasteiger partial charge in [-0.3, -0.25) is 4.79 Å². The summed E-state index contributed by atoms with van der Waals surface area (Å²) in [6.07, 6.45) is 1.27. The second-order valence-electron chi connectivity index (χ2n) is 4.59. The number of rotatable bonds is 5. The molecule has 1 aliphatic rings. The zero-order valence-electron chi connectivity index (χ0n) is 10.5. The van der Waals surface area contributed by atoms with E-state index in [4.69, 9.17) is 4.74 Å². The van der Waals surface area contributed by atoms with Crippen LogP contribution in [0.25, 0.3) is 0 Å². The number of amides is 1. The van der Waals surface area contributed by atoms with Crippen molar-refractivity contribution in [3.05, 3.63) is 35.9 Å². The fraction of sp³-hybridized carbons (Fsp3) is 0.429. The highest BCUT2D eigenvalue weighted by Crippen LogP contribution is 2.12. The lowest BCUT2D eigenvalue weighted by Gasteiger charge is -2.17. The molecule has 1 amide bonds. The molecule has 5 nitrogen and oxygen atoms in total. The van der Waals surface area contributed by atoms with E-state index in [0.29, 0.717) is 13.0 Å². The maximum Gasteiger partial charge on any atom is 0.326 e. The van der Waals surface area contributed by atoms with E-state index >= 15 is 0 Å². The molecule has 1 aromatic carbocycles. The van der Waals surface area contributed by atoms with Crippen molar-refractivity contribution in [3.63, 3.8) is 0 Å². The standard InChI is InChI=1S/C14H17NO4/c16-13(12-7-4-8-19-12)15-11(14(17)18)9-10-5-2-1-3-6-10/h1-3,5-6,11-12H,4,7-9H2,(H,15,16)(H,17,18)/t11?,12-/m0/s1. The fourth-order valence-electron chi connectivity index (χ4n) is 2.10. The Kier molecular flexibility index (Phi) is 4.52. The van der Waals surface area contributed by atoms with Gasteiger partial charge in [-0.05, 0) is 18.4 Å². The zero-order chi connectivity index (χ0) is 13.7. The van der Waals surface area contributed by atoms with Gasteiger partial charge in [-0.25, -0.2) is 4.79 Å². The quantitative estimate of drug-likeness (QED) is 0.830. The van der Waals surface area contributed by atoms with Gasteiger partial charge in [0.2, 0.25) is 5.91 Å². The molecule has 1 aliphatic heterocycles. The van der Waals surface area contributed by atoms with Gasteiger partial charge >= 0.3 is 5.97 Å². The van der Waals surface area contributed by atoms with Crippen molar-refractivity contribution < 1.29 is 19.4 Å². The second kappa shape index (κ2) is 6.33. The van der Waals surface area contributed by atoms with Crippen LogP contribution >= 0.6 is 0 Å². The van der Waals surface area contributed by atoms with Gasteiger partial charge in [0.1, 0.15) is 12.1 Å². The van der Waals surface area contributed by atoms with Crippen LogP contribution in [0.2, 0.25) is 0 Å². The molecule has 19 heavy (non-hydrogen) atoms. The average molecular weight is 263 g/mol. The van der Waals surface area contributed by atoms with Crippen molar-refractivity contribution in [1.29, 1.82) is 0 Å². The van der Waals surface area contributed by atoms with Crippen LogP contribution in [0.4, 0.5) is 0 Å². The number of nitrogens with one attached hydrogen (secondary N) is 1. The number of carbonyl (C=O) groups excluding carboxylic acids is 1. The molecular weight excluding hydrogens is 246 g/mol. The van der Waals surface area contributed by atoms with Crippen molar-refractivity contribution in [2.45, 2.75) is 31.4 Å². The van der Waals surface area contributed by atoms with Gasteiger partial charge in [0.15, 0.2) is 0 Å². The van der Waals surface area contributed by atoms with Crippen molar-refractivity contribution in [3.8, 4) is 0 Å². The van der Waals surface area contributed by atoms with Crippen molar-refractivity contribution in [2.24, 2.45) is 0 Å². The highest BCUT2D eigenvalue weighted by atomic mass is 16.5. The van der Waals surface area contributed by atoms with Crippen LogP contribution in [0.15, 0.2) is 30.3 Å². The summed E-state index contributed by atoms with van der Waals surface area (Å²) in [6.45, 7) is 0.564. The summed E-state index contributed by atoms with van der Waals surface area (Å²) in [7, 11) is 0. The lowest BCUT2D eigenvalue weighted by molar-refractivity contribution is -0.143. The van der Waals surface area contributed by atoms with Gasteiger partial charge in [-0.2, -0.15) is 0 Å². The monoisotopic (exact) mass is 263 g/mol. The van der Waals surface area contributed by atoms with Crippen LogP contribution in [-0.4, -0.2) is 35.7 Å². The normalized spacial score (nSPS) is 19.9. The van der Waals surface area contributed by atoms with Crippen LogP contribution in [-0.2, 0) is 20.7 Å². The highest BCUT2D eigenvalue weighted by Gasteiger charge is 2.28. The summed E-state index contributed by atoms with van der Waals surface area (Å²) in [4.78, 5) is 23.0. The third kappa shape index (κ3) is 3.79. The molecule has 5 heteroatoms. The maximum atomic E-state index is 11.9. The average Bonchev–Trinajstić information content (AvgIpc) is 2.93. The molecule has 1 unspecified atom stereocenters. The van der Waals surface area contributed by atoms with E-state index in [1.807, 2.05) is 30.3 Å². The Morgan fingerprint density at radius 3 is 2.68 bits per heavy atom. The molecule has 1 aromatic rings. The topological polar surface area (TPSA) is 75.6 Å². The van der Waals surface area contributed by atoms with Gasteiger partial charge in [0.25, 0.3) is 0 Å². The number of hydrogen-bond acceptors (Lipinski definition) is 3. The second-order valence-corrected chi connectivity index (χ2v) is 4.59.